The average Bonchev–Trinajstić information content (AvgIpc) is 2.27. The Morgan fingerprint density at radius 3 is 2.39 bits per heavy atom. The Hall–Kier alpha value is -1.13. The second-order valence-corrected chi connectivity index (χ2v) is 5.49. The molecule has 0 fully saturated rings. The largest absolute Gasteiger partial charge is 0.263 e. The summed E-state index contributed by atoms with van der Waals surface area (Å²) in [5.74, 6) is 0.760. The quantitative estimate of drug-likeness (QED) is 0.634. The minimum atomic E-state index is 0.701. The molecule has 0 saturated heterocycles. The lowest BCUT2D eigenvalue weighted by atomic mass is 10.2. The molecule has 0 atom stereocenters. The number of halogens is 1. The van der Waals surface area contributed by atoms with Crippen molar-refractivity contribution in [3.05, 3.63) is 46.0 Å². The van der Waals surface area contributed by atoms with E-state index in [1.54, 1.807) is 18.0 Å². The van der Waals surface area contributed by atoms with Crippen molar-refractivity contribution >= 4 is 23.4 Å². The summed E-state index contributed by atoms with van der Waals surface area (Å²) in [6, 6.07) is 1.97. The monoisotopic (exact) mass is 279 g/mol. The molecule has 0 aliphatic carbocycles. The fourth-order valence-electron chi connectivity index (χ4n) is 1.64. The highest BCUT2D eigenvalue weighted by Gasteiger charge is 2.07. The highest BCUT2D eigenvalue weighted by molar-refractivity contribution is 7.98. The summed E-state index contributed by atoms with van der Waals surface area (Å²) in [5.41, 5.74) is 4.17. The van der Waals surface area contributed by atoms with Crippen LogP contribution in [0.25, 0.3) is 0 Å². The first-order chi connectivity index (χ1) is 8.56. The van der Waals surface area contributed by atoms with Gasteiger partial charge < -0.3 is 0 Å². The molecular weight excluding hydrogens is 266 g/mol. The van der Waals surface area contributed by atoms with Gasteiger partial charge in [0.1, 0.15) is 0 Å². The van der Waals surface area contributed by atoms with E-state index in [9.17, 15) is 0 Å². The summed E-state index contributed by atoms with van der Waals surface area (Å²) in [6.07, 6.45) is 3.50. The maximum atomic E-state index is 6.14. The smallest absolute Gasteiger partial charge is 0.188 e. The molecule has 0 N–H and O–H groups in total. The molecule has 0 aromatic carbocycles. The van der Waals surface area contributed by atoms with Crippen LogP contribution >= 0.6 is 23.4 Å². The van der Waals surface area contributed by atoms with Gasteiger partial charge in [-0.3, -0.25) is 4.98 Å². The molecule has 2 heterocycles. The van der Waals surface area contributed by atoms with Gasteiger partial charge in [-0.15, -0.1) is 0 Å². The Bertz CT molecular complexity index is 532. The van der Waals surface area contributed by atoms with E-state index in [2.05, 4.69) is 15.0 Å². The topological polar surface area (TPSA) is 38.7 Å². The molecule has 0 bridgehead atoms. The molecule has 2 rings (SSSR count). The van der Waals surface area contributed by atoms with Crippen LogP contribution in [0.3, 0.4) is 0 Å². The first kappa shape index (κ1) is 13.3. The summed E-state index contributed by atoms with van der Waals surface area (Å²) in [5, 5.41) is 1.49. The Balaban J connectivity index is 2.16. The highest BCUT2D eigenvalue weighted by Crippen LogP contribution is 2.26. The third-order valence-corrected chi connectivity index (χ3v) is 3.73. The van der Waals surface area contributed by atoms with Crippen LogP contribution in [-0.2, 0) is 5.75 Å². The number of nitrogens with zero attached hydrogens (tertiary/aromatic N) is 3. The number of hydrogen-bond donors (Lipinski definition) is 0. The van der Waals surface area contributed by atoms with Crippen molar-refractivity contribution in [2.45, 2.75) is 31.7 Å². The molecule has 0 spiro atoms. The predicted octanol–water partition coefficient (Wildman–Crippen LogP) is 3.74. The minimum Gasteiger partial charge on any atom is -0.263 e. The van der Waals surface area contributed by atoms with E-state index in [-0.39, 0.29) is 0 Å². The molecule has 5 heteroatoms. The zero-order valence-electron chi connectivity index (χ0n) is 10.6. The van der Waals surface area contributed by atoms with Crippen LogP contribution in [0, 0.1) is 20.8 Å². The van der Waals surface area contributed by atoms with Gasteiger partial charge in [0, 0.05) is 29.5 Å². The van der Waals surface area contributed by atoms with Crippen molar-refractivity contribution < 1.29 is 0 Å². The molecule has 0 amide bonds. The Morgan fingerprint density at radius 1 is 1.11 bits per heavy atom. The third-order valence-electron chi connectivity index (χ3n) is 2.53. The van der Waals surface area contributed by atoms with Crippen LogP contribution in [0.15, 0.2) is 23.6 Å². The SMILES string of the molecule is Cc1cc(C)nc(SCc2c(C)cncc2Cl)n1. The zero-order chi connectivity index (χ0) is 13.1. The van der Waals surface area contributed by atoms with Crippen LogP contribution in [0.4, 0.5) is 0 Å². The second kappa shape index (κ2) is 5.67. The molecular formula is C13H14ClN3S. The average molecular weight is 280 g/mol. The number of aryl methyl sites for hydroxylation is 3. The van der Waals surface area contributed by atoms with Crippen LogP contribution in [0.5, 0.6) is 0 Å². The van der Waals surface area contributed by atoms with Gasteiger partial charge in [0.25, 0.3) is 0 Å². The maximum Gasteiger partial charge on any atom is 0.188 e. The molecule has 0 aliphatic rings. The maximum absolute atomic E-state index is 6.14. The molecule has 0 unspecified atom stereocenters. The normalized spacial score (nSPS) is 10.7. The zero-order valence-corrected chi connectivity index (χ0v) is 12.1. The second-order valence-electron chi connectivity index (χ2n) is 4.14. The van der Waals surface area contributed by atoms with Gasteiger partial charge in [0.15, 0.2) is 5.16 Å². The predicted molar refractivity (Wildman–Crippen MR) is 75.1 cm³/mol. The molecule has 94 valence electrons. The van der Waals surface area contributed by atoms with E-state index >= 15 is 0 Å². The van der Waals surface area contributed by atoms with Crippen LogP contribution in [-0.4, -0.2) is 15.0 Å². The van der Waals surface area contributed by atoms with Gasteiger partial charge in [-0.25, -0.2) is 9.97 Å². The van der Waals surface area contributed by atoms with Gasteiger partial charge >= 0.3 is 0 Å². The number of hydrogen-bond acceptors (Lipinski definition) is 4. The lowest BCUT2D eigenvalue weighted by Crippen LogP contribution is -1.95. The summed E-state index contributed by atoms with van der Waals surface area (Å²) in [7, 11) is 0. The van der Waals surface area contributed by atoms with E-state index in [0.717, 1.165) is 33.4 Å². The number of aromatic nitrogens is 3. The Morgan fingerprint density at radius 2 is 1.78 bits per heavy atom. The summed E-state index contributed by atoms with van der Waals surface area (Å²) >= 11 is 7.74. The highest BCUT2D eigenvalue weighted by atomic mass is 35.5. The van der Waals surface area contributed by atoms with Crippen molar-refractivity contribution in [3.8, 4) is 0 Å². The number of thioether (sulfide) groups is 1. The first-order valence-corrected chi connectivity index (χ1v) is 6.96. The molecule has 2 aromatic heterocycles. The van der Waals surface area contributed by atoms with Gasteiger partial charge in [-0.05, 0) is 38.0 Å². The molecule has 0 aliphatic heterocycles. The first-order valence-electron chi connectivity index (χ1n) is 5.60. The van der Waals surface area contributed by atoms with Crippen molar-refractivity contribution in [3.63, 3.8) is 0 Å². The van der Waals surface area contributed by atoms with Crippen LogP contribution in [0.2, 0.25) is 5.02 Å². The van der Waals surface area contributed by atoms with E-state index in [0.29, 0.717) is 5.02 Å². The molecule has 18 heavy (non-hydrogen) atoms. The number of rotatable bonds is 3. The third kappa shape index (κ3) is 3.21. The van der Waals surface area contributed by atoms with Gasteiger partial charge in [0.05, 0.1) is 5.02 Å². The van der Waals surface area contributed by atoms with E-state index in [1.165, 1.54) is 0 Å². The Labute approximate surface area is 116 Å². The van der Waals surface area contributed by atoms with Crippen LogP contribution in [0.1, 0.15) is 22.5 Å². The summed E-state index contributed by atoms with van der Waals surface area (Å²) in [6.45, 7) is 5.96. The van der Waals surface area contributed by atoms with Crippen molar-refractivity contribution in [1.29, 1.82) is 0 Å². The molecule has 2 aromatic rings. The van der Waals surface area contributed by atoms with Crippen molar-refractivity contribution in [1.82, 2.24) is 15.0 Å². The standard InChI is InChI=1S/C13H14ClN3S/c1-8-5-15-6-12(14)11(8)7-18-13-16-9(2)4-10(3)17-13/h4-6H,7H2,1-3H3. The fourth-order valence-corrected chi connectivity index (χ4v) is 3.06. The van der Waals surface area contributed by atoms with Gasteiger partial charge in [0.2, 0.25) is 0 Å². The molecule has 0 saturated carbocycles. The fraction of sp³-hybridized carbons (Fsp3) is 0.308. The number of pyridine rings is 1. The van der Waals surface area contributed by atoms with Crippen molar-refractivity contribution in [2.24, 2.45) is 0 Å². The van der Waals surface area contributed by atoms with Crippen LogP contribution < -0.4 is 0 Å². The Kier molecular flexibility index (Phi) is 4.19. The lowest BCUT2D eigenvalue weighted by Gasteiger charge is -2.07. The molecule has 3 nitrogen and oxygen atoms in total. The van der Waals surface area contributed by atoms with E-state index < -0.39 is 0 Å². The van der Waals surface area contributed by atoms with Gasteiger partial charge in [-0.2, -0.15) is 0 Å². The summed E-state index contributed by atoms with van der Waals surface area (Å²) in [4.78, 5) is 12.9. The summed E-state index contributed by atoms with van der Waals surface area (Å²) < 4.78 is 0. The van der Waals surface area contributed by atoms with Crippen molar-refractivity contribution in [2.75, 3.05) is 0 Å². The minimum absolute atomic E-state index is 0.701. The molecule has 0 radical (unpaired) electrons. The van der Waals surface area contributed by atoms with Gasteiger partial charge in [-0.1, -0.05) is 23.4 Å². The van der Waals surface area contributed by atoms with E-state index in [1.807, 2.05) is 33.0 Å². The van der Waals surface area contributed by atoms with E-state index in [4.69, 9.17) is 11.6 Å². The lowest BCUT2D eigenvalue weighted by molar-refractivity contribution is 0.901.